The molecule has 0 saturated carbocycles. The second-order valence-corrected chi connectivity index (χ2v) is 4.68. The van der Waals surface area contributed by atoms with E-state index in [-0.39, 0.29) is 12.1 Å². The molecule has 1 amide bonds. The van der Waals surface area contributed by atoms with E-state index in [1.807, 2.05) is 27.7 Å². The molecule has 0 N–H and O–H groups in total. The summed E-state index contributed by atoms with van der Waals surface area (Å²) in [4.78, 5) is 23.3. The highest BCUT2D eigenvalue weighted by molar-refractivity contribution is 5.68. The standard InChI is InChI=1S/C11H21NO3/c1-9(7-6-8-13)12(5)10(14)15-11(2,3)4/h8-9H,6-7H2,1-5H3/t9-/m1/s1. The maximum atomic E-state index is 11.6. The van der Waals surface area contributed by atoms with Gasteiger partial charge in [0.25, 0.3) is 0 Å². The second-order valence-electron chi connectivity index (χ2n) is 4.68. The highest BCUT2D eigenvalue weighted by Crippen LogP contribution is 2.12. The molecule has 0 aliphatic heterocycles. The fourth-order valence-electron chi connectivity index (χ4n) is 1.02. The monoisotopic (exact) mass is 215 g/mol. The molecule has 0 unspecified atom stereocenters. The molecule has 4 nitrogen and oxygen atoms in total. The molecule has 0 saturated heterocycles. The smallest absolute Gasteiger partial charge is 0.410 e. The van der Waals surface area contributed by atoms with E-state index in [2.05, 4.69) is 0 Å². The number of amides is 1. The van der Waals surface area contributed by atoms with Gasteiger partial charge in [-0.3, -0.25) is 0 Å². The van der Waals surface area contributed by atoms with Gasteiger partial charge < -0.3 is 14.4 Å². The molecule has 0 aliphatic carbocycles. The molecule has 0 aliphatic rings. The van der Waals surface area contributed by atoms with Gasteiger partial charge in [-0.1, -0.05) is 0 Å². The van der Waals surface area contributed by atoms with Crippen molar-refractivity contribution < 1.29 is 14.3 Å². The average molecular weight is 215 g/mol. The van der Waals surface area contributed by atoms with Crippen molar-refractivity contribution in [2.75, 3.05) is 7.05 Å². The molecule has 88 valence electrons. The molecule has 0 rings (SSSR count). The lowest BCUT2D eigenvalue weighted by atomic mass is 10.2. The van der Waals surface area contributed by atoms with E-state index in [0.717, 1.165) is 6.29 Å². The molecular formula is C11H21NO3. The number of carbonyl (C=O) groups is 2. The van der Waals surface area contributed by atoms with Gasteiger partial charge in [0, 0.05) is 19.5 Å². The van der Waals surface area contributed by atoms with E-state index >= 15 is 0 Å². The third kappa shape index (κ3) is 6.10. The topological polar surface area (TPSA) is 46.6 Å². The number of hydrogen-bond acceptors (Lipinski definition) is 3. The predicted molar refractivity (Wildman–Crippen MR) is 58.8 cm³/mol. The van der Waals surface area contributed by atoms with Crippen LogP contribution in [0.15, 0.2) is 0 Å². The van der Waals surface area contributed by atoms with Crippen molar-refractivity contribution >= 4 is 12.4 Å². The molecule has 0 bridgehead atoms. The molecule has 0 aromatic carbocycles. The van der Waals surface area contributed by atoms with Crippen molar-refractivity contribution in [1.29, 1.82) is 0 Å². The van der Waals surface area contributed by atoms with Gasteiger partial charge in [0.2, 0.25) is 0 Å². The van der Waals surface area contributed by atoms with Gasteiger partial charge in [-0.2, -0.15) is 0 Å². The number of rotatable bonds is 4. The molecule has 0 radical (unpaired) electrons. The first-order valence-corrected chi connectivity index (χ1v) is 5.17. The molecule has 0 heterocycles. The lowest BCUT2D eigenvalue weighted by molar-refractivity contribution is -0.108. The molecule has 0 aromatic heterocycles. The van der Waals surface area contributed by atoms with Crippen molar-refractivity contribution in [2.24, 2.45) is 0 Å². The van der Waals surface area contributed by atoms with Crippen molar-refractivity contribution in [3.63, 3.8) is 0 Å². The number of carbonyl (C=O) groups excluding carboxylic acids is 2. The zero-order valence-corrected chi connectivity index (χ0v) is 10.2. The Morgan fingerprint density at radius 3 is 2.40 bits per heavy atom. The first-order valence-electron chi connectivity index (χ1n) is 5.17. The van der Waals surface area contributed by atoms with Crippen LogP contribution >= 0.6 is 0 Å². The van der Waals surface area contributed by atoms with Gasteiger partial charge in [-0.15, -0.1) is 0 Å². The SMILES string of the molecule is C[C@H](CCC=O)N(C)C(=O)OC(C)(C)C. The number of aldehydes is 1. The van der Waals surface area contributed by atoms with E-state index in [1.54, 1.807) is 7.05 Å². The fourth-order valence-corrected chi connectivity index (χ4v) is 1.02. The lowest BCUT2D eigenvalue weighted by Gasteiger charge is -2.28. The Hall–Kier alpha value is -1.06. The normalized spacial score (nSPS) is 13.1. The van der Waals surface area contributed by atoms with Crippen molar-refractivity contribution in [2.45, 2.75) is 52.2 Å². The minimum absolute atomic E-state index is 0.0186. The Bertz CT molecular complexity index is 220. The molecule has 4 heteroatoms. The van der Waals surface area contributed by atoms with Crippen LogP contribution in [0.1, 0.15) is 40.5 Å². The molecule has 15 heavy (non-hydrogen) atoms. The van der Waals surface area contributed by atoms with Crippen molar-refractivity contribution in [3.8, 4) is 0 Å². The van der Waals surface area contributed by atoms with E-state index in [0.29, 0.717) is 12.8 Å². The van der Waals surface area contributed by atoms with E-state index in [4.69, 9.17) is 4.74 Å². The summed E-state index contributed by atoms with van der Waals surface area (Å²) < 4.78 is 5.20. The summed E-state index contributed by atoms with van der Waals surface area (Å²) in [6, 6.07) is 0.0186. The van der Waals surface area contributed by atoms with Gasteiger partial charge in [0.15, 0.2) is 0 Å². The van der Waals surface area contributed by atoms with Gasteiger partial charge in [0.1, 0.15) is 11.9 Å². The highest BCUT2D eigenvalue weighted by Gasteiger charge is 2.22. The van der Waals surface area contributed by atoms with Crippen LogP contribution in [0.25, 0.3) is 0 Å². The predicted octanol–water partition coefficient (Wildman–Crippen LogP) is 2.22. The van der Waals surface area contributed by atoms with Crippen LogP contribution in [0, 0.1) is 0 Å². The number of nitrogens with zero attached hydrogens (tertiary/aromatic N) is 1. The number of ether oxygens (including phenoxy) is 1. The molecule has 0 fully saturated rings. The largest absolute Gasteiger partial charge is 0.444 e. The summed E-state index contributed by atoms with van der Waals surface area (Å²) in [6.45, 7) is 7.38. The average Bonchev–Trinajstić information content (AvgIpc) is 2.10. The summed E-state index contributed by atoms with van der Waals surface area (Å²) in [5.74, 6) is 0. The summed E-state index contributed by atoms with van der Waals surface area (Å²) >= 11 is 0. The second kappa shape index (κ2) is 5.73. The van der Waals surface area contributed by atoms with Crippen molar-refractivity contribution in [1.82, 2.24) is 4.90 Å². The minimum Gasteiger partial charge on any atom is -0.444 e. The number of hydrogen-bond donors (Lipinski definition) is 0. The zero-order chi connectivity index (χ0) is 12.1. The Balaban J connectivity index is 4.13. The Kier molecular flexibility index (Phi) is 5.33. The molecule has 1 atom stereocenters. The lowest BCUT2D eigenvalue weighted by Crippen LogP contribution is -2.39. The van der Waals surface area contributed by atoms with Gasteiger partial charge in [0.05, 0.1) is 0 Å². The quantitative estimate of drug-likeness (QED) is 0.675. The Morgan fingerprint density at radius 2 is 2.00 bits per heavy atom. The highest BCUT2D eigenvalue weighted by atomic mass is 16.6. The maximum Gasteiger partial charge on any atom is 0.410 e. The first kappa shape index (κ1) is 13.9. The van der Waals surface area contributed by atoms with Gasteiger partial charge >= 0.3 is 6.09 Å². The van der Waals surface area contributed by atoms with Crippen LogP contribution in [-0.4, -0.2) is 36.0 Å². The maximum absolute atomic E-state index is 11.6. The van der Waals surface area contributed by atoms with E-state index < -0.39 is 5.60 Å². The van der Waals surface area contributed by atoms with Crippen LogP contribution in [0.3, 0.4) is 0 Å². The van der Waals surface area contributed by atoms with Crippen LogP contribution < -0.4 is 0 Å². The summed E-state index contributed by atoms with van der Waals surface area (Å²) in [5.41, 5.74) is -0.476. The van der Waals surface area contributed by atoms with Gasteiger partial charge in [-0.25, -0.2) is 4.79 Å². The van der Waals surface area contributed by atoms with Crippen LogP contribution in [0.4, 0.5) is 4.79 Å². The Morgan fingerprint density at radius 1 is 1.47 bits per heavy atom. The first-order chi connectivity index (χ1) is 6.78. The Labute approximate surface area is 91.6 Å². The third-order valence-electron chi connectivity index (χ3n) is 2.04. The van der Waals surface area contributed by atoms with E-state index in [1.165, 1.54) is 4.90 Å². The molecular weight excluding hydrogens is 194 g/mol. The van der Waals surface area contributed by atoms with Crippen LogP contribution in [-0.2, 0) is 9.53 Å². The minimum atomic E-state index is -0.476. The van der Waals surface area contributed by atoms with Crippen molar-refractivity contribution in [3.05, 3.63) is 0 Å². The molecule has 0 spiro atoms. The van der Waals surface area contributed by atoms with Crippen LogP contribution in [0.2, 0.25) is 0 Å². The summed E-state index contributed by atoms with van der Waals surface area (Å²) in [5, 5.41) is 0. The summed E-state index contributed by atoms with van der Waals surface area (Å²) in [6.07, 6.45) is 1.65. The molecule has 0 aromatic rings. The summed E-state index contributed by atoms with van der Waals surface area (Å²) in [7, 11) is 1.68. The third-order valence-corrected chi connectivity index (χ3v) is 2.04. The van der Waals surface area contributed by atoms with Gasteiger partial charge in [-0.05, 0) is 34.1 Å². The van der Waals surface area contributed by atoms with Crippen LogP contribution in [0.5, 0.6) is 0 Å². The zero-order valence-electron chi connectivity index (χ0n) is 10.2. The fraction of sp³-hybridized carbons (Fsp3) is 0.818. The van der Waals surface area contributed by atoms with E-state index in [9.17, 15) is 9.59 Å².